The molecule has 0 aliphatic rings. The summed E-state index contributed by atoms with van der Waals surface area (Å²) in [6.45, 7) is 2.69. The van der Waals surface area contributed by atoms with E-state index in [-0.39, 0.29) is 0 Å². The zero-order valence-corrected chi connectivity index (χ0v) is 11.3. The summed E-state index contributed by atoms with van der Waals surface area (Å²) in [4.78, 5) is 4.19. The van der Waals surface area contributed by atoms with E-state index < -0.39 is 0 Å². The van der Waals surface area contributed by atoms with E-state index in [2.05, 4.69) is 10.3 Å². The first-order valence-electron chi connectivity index (χ1n) is 5.01. The summed E-state index contributed by atoms with van der Waals surface area (Å²) < 4.78 is 0. The number of halogens is 3. The van der Waals surface area contributed by atoms with Crippen molar-refractivity contribution >= 4 is 57.1 Å². The van der Waals surface area contributed by atoms with Crippen LogP contribution in [0.3, 0.4) is 0 Å². The monoisotopic (exact) mass is 289 g/mol. The van der Waals surface area contributed by atoms with Crippen LogP contribution in [0.15, 0.2) is 12.3 Å². The lowest BCUT2D eigenvalue weighted by Crippen LogP contribution is -2.03. The Morgan fingerprint density at radius 1 is 1.29 bits per heavy atom. The van der Waals surface area contributed by atoms with Gasteiger partial charge in [0.2, 0.25) is 0 Å². The first kappa shape index (κ1) is 12.6. The first-order chi connectivity index (χ1) is 8.06. The molecule has 3 N–H and O–H groups in total. The second-order valence-corrected chi connectivity index (χ2v) is 4.66. The largest absolute Gasteiger partial charge is 0.396 e. The number of hydrogen-bond donors (Lipinski definition) is 2. The fraction of sp³-hybridized carbons (Fsp3) is 0.182. The second kappa shape index (κ2) is 4.77. The quantitative estimate of drug-likeness (QED) is 0.815. The smallest absolute Gasteiger partial charge is 0.0787 e. The fourth-order valence-corrected chi connectivity index (χ4v) is 2.33. The minimum atomic E-state index is 0.312. The molecule has 0 spiro atoms. The van der Waals surface area contributed by atoms with Crippen molar-refractivity contribution in [1.82, 2.24) is 4.98 Å². The zero-order valence-electron chi connectivity index (χ0n) is 9.02. The van der Waals surface area contributed by atoms with Gasteiger partial charge in [-0.2, -0.15) is 0 Å². The van der Waals surface area contributed by atoms with Crippen LogP contribution in [0, 0.1) is 0 Å². The van der Waals surface area contributed by atoms with E-state index in [1.54, 1.807) is 12.3 Å². The lowest BCUT2D eigenvalue weighted by Gasteiger charge is -2.13. The van der Waals surface area contributed by atoms with Gasteiger partial charge in [0.1, 0.15) is 0 Å². The fourth-order valence-electron chi connectivity index (χ4n) is 1.64. The van der Waals surface area contributed by atoms with E-state index >= 15 is 0 Å². The maximum Gasteiger partial charge on any atom is 0.0787 e. The van der Waals surface area contributed by atoms with Gasteiger partial charge in [-0.15, -0.1) is 0 Å². The molecular weight excluding hydrogens is 281 g/mol. The van der Waals surface area contributed by atoms with E-state index in [4.69, 9.17) is 40.5 Å². The van der Waals surface area contributed by atoms with Crippen molar-refractivity contribution in [1.29, 1.82) is 0 Å². The highest BCUT2D eigenvalue weighted by atomic mass is 35.5. The molecule has 1 heterocycles. The minimum Gasteiger partial charge on any atom is -0.396 e. The molecule has 2 aromatic rings. The van der Waals surface area contributed by atoms with E-state index in [1.165, 1.54) is 0 Å². The standard InChI is InChI=1S/C11H10Cl3N3/c1-2-16-11-6(15)4-17-7-3-5(12)9(13)10(14)8(7)11/h3-4H,2,15H2,1H3,(H,16,17). The predicted octanol–water partition coefficient (Wildman–Crippen LogP) is 4.21. The van der Waals surface area contributed by atoms with E-state index in [0.29, 0.717) is 31.7 Å². The molecule has 0 atom stereocenters. The van der Waals surface area contributed by atoms with Gasteiger partial charge in [0.15, 0.2) is 0 Å². The Balaban J connectivity index is 2.87. The molecule has 1 aromatic carbocycles. The predicted molar refractivity (Wildman–Crippen MR) is 75.3 cm³/mol. The van der Waals surface area contributed by atoms with Gasteiger partial charge in [-0.25, -0.2) is 0 Å². The van der Waals surface area contributed by atoms with Gasteiger partial charge in [0.25, 0.3) is 0 Å². The maximum atomic E-state index is 6.19. The molecule has 0 aliphatic heterocycles. The van der Waals surface area contributed by atoms with Gasteiger partial charge in [0, 0.05) is 11.9 Å². The number of nitrogens with two attached hydrogens (primary N) is 1. The molecule has 0 unspecified atom stereocenters. The van der Waals surface area contributed by atoms with Crippen LogP contribution in [0.25, 0.3) is 10.9 Å². The van der Waals surface area contributed by atoms with Gasteiger partial charge in [-0.05, 0) is 13.0 Å². The third kappa shape index (κ3) is 2.10. The minimum absolute atomic E-state index is 0.312. The molecule has 0 fully saturated rings. The number of anilines is 2. The summed E-state index contributed by atoms with van der Waals surface area (Å²) in [5.74, 6) is 0. The van der Waals surface area contributed by atoms with Crippen molar-refractivity contribution in [2.75, 3.05) is 17.6 Å². The summed E-state index contributed by atoms with van der Waals surface area (Å²) in [5, 5.41) is 4.91. The highest BCUT2D eigenvalue weighted by Gasteiger charge is 2.15. The third-order valence-corrected chi connectivity index (χ3v) is 3.64. The Labute approximate surface area is 114 Å². The summed E-state index contributed by atoms with van der Waals surface area (Å²) in [7, 11) is 0. The average Bonchev–Trinajstić information content (AvgIpc) is 2.30. The van der Waals surface area contributed by atoms with Crippen LogP contribution in [0.5, 0.6) is 0 Å². The molecule has 3 nitrogen and oxygen atoms in total. The Morgan fingerprint density at radius 3 is 2.65 bits per heavy atom. The average molecular weight is 291 g/mol. The number of nitrogen functional groups attached to an aromatic ring is 1. The van der Waals surface area contributed by atoms with Crippen LogP contribution in [-0.2, 0) is 0 Å². The van der Waals surface area contributed by atoms with Crippen molar-refractivity contribution in [2.24, 2.45) is 0 Å². The van der Waals surface area contributed by atoms with Crippen molar-refractivity contribution in [2.45, 2.75) is 6.92 Å². The van der Waals surface area contributed by atoms with Gasteiger partial charge in [-0.3, -0.25) is 4.98 Å². The number of benzene rings is 1. The number of rotatable bonds is 2. The van der Waals surface area contributed by atoms with Gasteiger partial charge in [-0.1, -0.05) is 34.8 Å². The van der Waals surface area contributed by atoms with Crippen LogP contribution in [0.2, 0.25) is 15.1 Å². The molecule has 6 heteroatoms. The van der Waals surface area contributed by atoms with Gasteiger partial charge in [0.05, 0.1) is 38.2 Å². The Kier molecular flexibility index (Phi) is 3.52. The first-order valence-corrected chi connectivity index (χ1v) is 6.15. The molecule has 0 aliphatic carbocycles. The number of aromatic nitrogens is 1. The number of hydrogen-bond acceptors (Lipinski definition) is 3. The SMILES string of the molecule is CCNc1c(N)cnc2cc(Cl)c(Cl)c(Cl)c12. The van der Waals surface area contributed by atoms with E-state index in [0.717, 1.165) is 12.2 Å². The molecule has 0 bridgehead atoms. The van der Waals surface area contributed by atoms with Crippen LogP contribution in [0.4, 0.5) is 11.4 Å². The van der Waals surface area contributed by atoms with E-state index in [9.17, 15) is 0 Å². The second-order valence-electron chi connectivity index (χ2n) is 3.50. The molecule has 2 rings (SSSR count). The molecule has 0 saturated carbocycles. The van der Waals surface area contributed by atoms with Crippen LogP contribution in [-0.4, -0.2) is 11.5 Å². The van der Waals surface area contributed by atoms with Crippen molar-refractivity contribution in [3.63, 3.8) is 0 Å². The maximum absolute atomic E-state index is 6.19. The van der Waals surface area contributed by atoms with Crippen molar-refractivity contribution in [3.05, 3.63) is 27.3 Å². The topological polar surface area (TPSA) is 50.9 Å². The highest BCUT2D eigenvalue weighted by Crippen LogP contribution is 2.41. The van der Waals surface area contributed by atoms with Crippen LogP contribution < -0.4 is 11.1 Å². The Morgan fingerprint density at radius 2 is 2.00 bits per heavy atom. The number of pyridine rings is 1. The molecule has 0 radical (unpaired) electrons. The molecule has 1 aromatic heterocycles. The normalized spacial score (nSPS) is 10.8. The summed E-state index contributed by atoms with van der Waals surface area (Å²) in [6, 6.07) is 1.67. The lowest BCUT2D eigenvalue weighted by atomic mass is 10.1. The molecular formula is C11H10Cl3N3. The number of nitrogens with one attached hydrogen (secondary N) is 1. The van der Waals surface area contributed by atoms with Crippen LogP contribution in [0.1, 0.15) is 6.92 Å². The van der Waals surface area contributed by atoms with E-state index in [1.807, 2.05) is 6.92 Å². The Bertz CT molecular complexity index is 584. The summed E-state index contributed by atoms with van der Waals surface area (Å²) >= 11 is 18.2. The van der Waals surface area contributed by atoms with Crippen LogP contribution >= 0.6 is 34.8 Å². The molecule has 90 valence electrons. The lowest BCUT2D eigenvalue weighted by molar-refractivity contribution is 1.22. The van der Waals surface area contributed by atoms with Crippen molar-refractivity contribution < 1.29 is 0 Å². The van der Waals surface area contributed by atoms with Gasteiger partial charge >= 0.3 is 0 Å². The zero-order chi connectivity index (χ0) is 12.6. The summed E-state index contributed by atoms with van der Waals surface area (Å²) in [6.07, 6.45) is 1.57. The Hall–Kier alpha value is -0.900. The third-order valence-electron chi connectivity index (χ3n) is 2.38. The summed E-state index contributed by atoms with van der Waals surface area (Å²) in [5.41, 5.74) is 7.80. The molecule has 0 amide bonds. The highest BCUT2D eigenvalue weighted by molar-refractivity contribution is 6.51. The van der Waals surface area contributed by atoms with Gasteiger partial charge < -0.3 is 11.1 Å². The molecule has 0 saturated heterocycles. The van der Waals surface area contributed by atoms with Crippen molar-refractivity contribution in [3.8, 4) is 0 Å². The molecule has 17 heavy (non-hydrogen) atoms. The number of fused-ring (bicyclic) bond motifs is 1. The number of nitrogens with zero attached hydrogens (tertiary/aromatic N) is 1.